The van der Waals surface area contributed by atoms with Gasteiger partial charge in [0.2, 0.25) is 0 Å². The van der Waals surface area contributed by atoms with Gasteiger partial charge in [0.15, 0.2) is 10.8 Å². The maximum Gasteiger partial charge on any atom is 0.338 e. The number of carbonyl (C=O) groups excluding carboxylic acids is 1. The zero-order valence-corrected chi connectivity index (χ0v) is 17.9. The van der Waals surface area contributed by atoms with Gasteiger partial charge in [0.25, 0.3) is 0 Å². The highest BCUT2D eigenvalue weighted by molar-refractivity contribution is 9.10. The molecular weight excluding hydrogens is 445 g/mol. The summed E-state index contributed by atoms with van der Waals surface area (Å²) in [6.45, 7) is 4.99. The fourth-order valence-corrected chi connectivity index (χ4v) is 4.91. The van der Waals surface area contributed by atoms with Gasteiger partial charge in [-0.1, -0.05) is 28.9 Å². The zero-order valence-electron chi connectivity index (χ0n) is 15.5. The molecule has 3 heterocycles. The lowest BCUT2D eigenvalue weighted by Gasteiger charge is -2.32. The number of nitrogens with zero attached hydrogens (tertiary/aromatic N) is 3. The van der Waals surface area contributed by atoms with Crippen molar-refractivity contribution < 1.29 is 13.9 Å². The molecule has 0 saturated carbocycles. The van der Waals surface area contributed by atoms with Crippen molar-refractivity contribution >= 4 is 39.1 Å². The van der Waals surface area contributed by atoms with Gasteiger partial charge >= 0.3 is 5.97 Å². The van der Waals surface area contributed by atoms with E-state index < -0.39 is 6.04 Å². The number of esters is 1. The molecule has 1 unspecified atom stereocenters. The lowest BCUT2D eigenvalue weighted by molar-refractivity contribution is -0.139. The summed E-state index contributed by atoms with van der Waals surface area (Å²) in [7, 11) is 0. The van der Waals surface area contributed by atoms with E-state index in [4.69, 9.17) is 9.73 Å². The number of allylic oxidation sites excluding steroid dienone is 1. The summed E-state index contributed by atoms with van der Waals surface area (Å²) in [6.07, 6.45) is 2.50. The predicted molar refractivity (Wildman–Crippen MR) is 110 cm³/mol. The first-order chi connectivity index (χ1) is 13.5. The highest BCUT2D eigenvalue weighted by Gasteiger charge is 2.41. The first-order valence-corrected chi connectivity index (χ1v) is 10.8. The van der Waals surface area contributed by atoms with E-state index in [0.29, 0.717) is 16.0 Å². The molecule has 2 aromatic rings. The Bertz CT molecular complexity index is 974. The summed E-state index contributed by atoms with van der Waals surface area (Å²) in [5.74, 6) is 0.403. The highest BCUT2D eigenvalue weighted by Crippen LogP contribution is 2.43. The van der Waals surface area contributed by atoms with Gasteiger partial charge in [0, 0.05) is 28.3 Å². The summed E-state index contributed by atoms with van der Waals surface area (Å²) in [5.41, 5.74) is 2.18. The molecule has 5 nitrogen and oxygen atoms in total. The smallest absolute Gasteiger partial charge is 0.338 e. The molecule has 28 heavy (non-hydrogen) atoms. The van der Waals surface area contributed by atoms with E-state index in [0.717, 1.165) is 35.1 Å². The molecule has 0 amide bonds. The van der Waals surface area contributed by atoms with E-state index in [1.165, 1.54) is 23.5 Å². The van der Waals surface area contributed by atoms with E-state index in [1.807, 2.05) is 5.38 Å². The third-order valence-electron chi connectivity index (χ3n) is 4.83. The molecule has 0 bridgehead atoms. The number of amidine groups is 1. The van der Waals surface area contributed by atoms with E-state index in [2.05, 4.69) is 32.7 Å². The molecule has 2 atom stereocenters. The Hall–Kier alpha value is -2.06. The Morgan fingerprint density at radius 1 is 1.46 bits per heavy atom. The first kappa shape index (κ1) is 19.3. The molecule has 2 aliphatic rings. The van der Waals surface area contributed by atoms with Crippen LogP contribution >= 0.6 is 27.3 Å². The largest absolute Gasteiger partial charge is 0.463 e. The molecule has 0 N–H and O–H groups in total. The molecule has 4 rings (SSSR count). The summed E-state index contributed by atoms with van der Waals surface area (Å²) in [6, 6.07) is 3.87. The number of fused-ring (bicyclic) bond motifs is 1. The van der Waals surface area contributed by atoms with Crippen molar-refractivity contribution in [1.82, 2.24) is 9.88 Å². The van der Waals surface area contributed by atoms with Crippen molar-refractivity contribution in [2.75, 3.05) is 13.2 Å². The molecule has 1 aromatic heterocycles. The summed E-state index contributed by atoms with van der Waals surface area (Å²) in [4.78, 5) is 24.4. The van der Waals surface area contributed by atoms with Gasteiger partial charge in [-0.15, -0.1) is 11.3 Å². The molecule has 1 saturated heterocycles. The molecule has 146 valence electrons. The topological polar surface area (TPSA) is 54.8 Å². The van der Waals surface area contributed by atoms with E-state index in [-0.39, 0.29) is 18.4 Å². The SMILES string of the molecule is CCOC(=O)C1=C2C[C@@H](C)CN2C(c2nccs2)=NC1c1ccc(F)cc1Br. The van der Waals surface area contributed by atoms with Crippen molar-refractivity contribution in [3.05, 3.63) is 61.9 Å². The molecule has 0 aliphatic carbocycles. The lowest BCUT2D eigenvalue weighted by atomic mass is 9.94. The van der Waals surface area contributed by atoms with Crippen LogP contribution in [-0.4, -0.2) is 34.8 Å². The Morgan fingerprint density at radius 2 is 2.29 bits per heavy atom. The first-order valence-electron chi connectivity index (χ1n) is 9.09. The van der Waals surface area contributed by atoms with Crippen LogP contribution in [-0.2, 0) is 9.53 Å². The third kappa shape index (κ3) is 3.39. The molecule has 0 spiro atoms. The van der Waals surface area contributed by atoms with Crippen LogP contribution in [0.4, 0.5) is 4.39 Å². The number of aromatic nitrogens is 1. The van der Waals surface area contributed by atoms with Crippen LogP contribution in [0, 0.1) is 11.7 Å². The summed E-state index contributed by atoms with van der Waals surface area (Å²) in [5, 5.41) is 2.71. The number of carbonyl (C=O) groups is 1. The number of ether oxygens (including phenoxy) is 1. The minimum Gasteiger partial charge on any atom is -0.463 e. The van der Waals surface area contributed by atoms with Crippen LogP contribution in [0.25, 0.3) is 0 Å². The second kappa shape index (κ2) is 7.75. The van der Waals surface area contributed by atoms with Gasteiger partial charge in [-0.25, -0.2) is 14.2 Å². The van der Waals surface area contributed by atoms with Crippen LogP contribution in [0.15, 0.2) is 50.5 Å². The average molecular weight is 464 g/mol. The quantitative estimate of drug-likeness (QED) is 0.616. The fourth-order valence-electron chi connectivity index (χ4n) is 3.70. The predicted octanol–water partition coefficient (Wildman–Crippen LogP) is 4.71. The number of aliphatic imine (C=N–C) groups is 1. The maximum absolute atomic E-state index is 13.7. The van der Waals surface area contributed by atoms with Crippen molar-refractivity contribution in [3.8, 4) is 0 Å². The number of benzene rings is 1. The molecule has 2 aliphatic heterocycles. The van der Waals surface area contributed by atoms with Crippen molar-refractivity contribution in [3.63, 3.8) is 0 Å². The van der Waals surface area contributed by atoms with Crippen LogP contribution in [0.3, 0.4) is 0 Å². The monoisotopic (exact) mass is 463 g/mol. The lowest BCUT2D eigenvalue weighted by Crippen LogP contribution is -2.35. The molecule has 1 fully saturated rings. The van der Waals surface area contributed by atoms with E-state index >= 15 is 0 Å². The van der Waals surface area contributed by atoms with Crippen LogP contribution < -0.4 is 0 Å². The maximum atomic E-state index is 13.7. The van der Waals surface area contributed by atoms with Gasteiger partial charge in [0.1, 0.15) is 11.9 Å². The standard InChI is InChI=1S/C20H19BrFN3O2S/c1-3-27-20(26)16-15-8-11(2)10-25(15)18(19-23-6-7-28-19)24-17(16)13-5-4-12(22)9-14(13)21/h4-7,9,11,17H,3,8,10H2,1-2H3/t11-,17?/m1/s1. The van der Waals surface area contributed by atoms with Crippen molar-refractivity contribution in [1.29, 1.82) is 0 Å². The fraction of sp³-hybridized carbons (Fsp3) is 0.350. The number of halogens is 2. The van der Waals surface area contributed by atoms with Gasteiger partial charge < -0.3 is 9.64 Å². The Morgan fingerprint density at radius 3 is 2.96 bits per heavy atom. The van der Waals surface area contributed by atoms with Crippen molar-refractivity contribution in [2.45, 2.75) is 26.3 Å². The van der Waals surface area contributed by atoms with Gasteiger partial charge in [0.05, 0.1) is 12.2 Å². The number of hydrogen-bond acceptors (Lipinski definition) is 6. The van der Waals surface area contributed by atoms with E-state index in [1.54, 1.807) is 19.2 Å². The Labute approximate surface area is 175 Å². The van der Waals surface area contributed by atoms with Gasteiger partial charge in [-0.3, -0.25) is 4.99 Å². The summed E-state index contributed by atoms with van der Waals surface area (Å²) >= 11 is 4.95. The van der Waals surface area contributed by atoms with Crippen LogP contribution in [0.2, 0.25) is 0 Å². The summed E-state index contributed by atoms with van der Waals surface area (Å²) < 4.78 is 19.6. The minimum atomic E-state index is -0.579. The van der Waals surface area contributed by atoms with E-state index in [9.17, 15) is 9.18 Å². The average Bonchev–Trinajstić information content (AvgIpc) is 3.29. The number of thiazole rings is 1. The van der Waals surface area contributed by atoms with Gasteiger partial charge in [-0.2, -0.15) is 0 Å². The molecule has 0 radical (unpaired) electrons. The molecule has 8 heteroatoms. The Balaban J connectivity index is 1.91. The minimum absolute atomic E-state index is 0.283. The highest BCUT2D eigenvalue weighted by atomic mass is 79.9. The molecule has 1 aromatic carbocycles. The van der Waals surface area contributed by atoms with Crippen LogP contribution in [0.5, 0.6) is 0 Å². The number of rotatable bonds is 4. The van der Waals surface area contributed by atoms with Gasteiger partial charge in [-0.05, 0) is 37.0 Å². The van der Waals surface area contributed by atoms with Crippen molar-refractivity contribution in [2.24, 2.45) is 10.9 Å². The second-order valence-electron chi connectivity index (χ2n) is 6.86. The van der Waals surface area contributed by atoms with Crippen LogP contribution in [0.1, 0.15) is 36.9 Å². The molecular formula is C20H19BrFN3O2S. The zero-order chi connectivity index (χ0) is 19.8. The number of hydrogen-bond donors (Lipinski definition) is 0. The second-order valence-corrected chi connectivity index (χ2v) is 8.61. The third-order valence-corrected chi connectivity index (χ3v) is 6.29. The normalized spacial score (nSPS) is 21.6. The Kier molecular flexibility index (Phi) is 5.33.